The minimum Gasteiger partial charge on any atom is -0.355 e. The molecule has 2 rings (SSSR count). The molecule has 0 saturated carbocycles. The maximum Gasteiger partial charge on any atom is 0.220 e. The van der Waals surface area contributed by atoms with Gasteiger partial charge in [0, 0.05) is 18.9 Å². The molecule has 1 saturated heterocycles. The van der Waals surface area contributed by atoms with E-state index in [4.69, 9.17) is 11.6 Å². The quantitative estimate of drug-likeness (QED) is 0.785. The van der Waals surface area contributed by atoms with E-state index in [9.17, 15) is 9.18 Å². The number of rotatable bonds is 1. The number of piperidine rings is 1. The van der Waals surface area contributed by atoms with Gasteiger partial charge in [0.05, 0.1) is 5.02 Å². The van der Waals surface area contributed by atoms with E-state index in [1.165, 1.54) is 6.07 Å². The maximum absolute atomic E-state index is 12.9. The van der Waals surface area contributed by atoms with Crippen molar-refractivity contribution in [1.82, 2.24) is 5.32 Å². The first-order chi connectivity index (χ1) is 7.16. The molecule has 1 aromatic rings. The third kappa shape index (κ3) is 2.29. The van der Waals surface area contributed by atoms with Crippen molar-refractivity contribution in [2.24, 2.45) is 0 Å². The van der Waals surface area contributed by atoms with Crippen LogP contribution in [0.25, 0.3) is 0 Å². The second kappa shape index (κ2) is 4.19. The van der Waals surface area contributed by atoms with Crippen molar-refractivity contribution >= 4 is 17.5 Å². The molecule has 1 heterocycles. The summed E-state index contributed by atoms with van der Waals surface area (Å²) in [7, 11) is 0. The molecule has 1 aromatic carbocycles. The molecule has 0 spiro atoms. The Labute approximate surface area is 92.4 Å². The SMILES string of the molecule is O=C1CCC(c2ccc(F)c(Cl)c2)CN1. The normalized spacial score (nSPS) is 21.2. The summed E-state index contributed by atoms with van der Waals surface area (Å²) in [5, 5.41) is 2.93. The van der Waals surface area contributed by atoms with Gasteiger partial charge in [-0.3, -0.25) is 4.79 Å². The second-order valence-corrected chi connectivity index (χ2v) is 4.12. The van der Waals surface area contributed by atoms with Gasteiger partial charge in [-0.1, -0.05) is 17.7 Å². The van der Waals surface area contributed by atoms with Gasteiger partial charge in [0.2, 0.25) is 5.91 Å². The number of nitrogens with one attached hydrogen (secondary N) is 1. The number of carbonyl (C=O) groups is 1. The molecule has 1 unspecified atom stereocenters. The Balaban J connectivity index is 2.16. The molecule has 1 amide bonds. The van der Waals surface area contributed by atoms with Crippen molar-refractivity contribution in [2.45, 2.75) is 18.8 Å². The fourth-order valence-corrected chi connectivity index (χ4v) is 1.97. The molecule has 1 aliphatic heterocycles. The van der Waals surface area contributed by atoms with Crippen LogP contribution in [0.1, 0.15) is 24.3 Å². The molecule has 15 heavy (non-hydrogen) atoms. The summed E-state index contributed by atoms with van der Waals surface area (Å²) in [6.45, 7) is 0.612. The predicted octanol–water partition coefficient (Wildman–Crippen LogP) is 2.47. The largest absolute Gasteiger partial charge is 0.355 e. The van der Waals surface area contributed by atoms with Gasteiger partial charge >= 0.3 is 0 Å². The molecule has 2 nitrogen and oxygen atoms in total. The number of amides is 1. The number of halogens is 2. The lowest BCUT2D eigenvalue weighted by Gasteiger charge is -2.22. The van der Waals surface area contributed by atoms with Crippen molar-refractivity contribution in [1.29, 1.82) is 0 Å². The maximum atomic E-state index is 12.9. The monoisotopic (exact) mass is 227 g/mol. The van der Waals surface area contributed by atoms with Crippen LogP contribution in [-0.2, 0) is 4.79 Å². The van der Waals surface area contributed by atoms with Crippen molar-refractivity contribution in [2.75, 3.05) is 6.54 Å². The van der Waals surface area contributed by atoms with E-state index in [1.807, 2.05) is 0 Å². The average molecular weight is 228 g/mol. The lowest BCUT2D eigenvalue weighted by Crippen LogP contribution is -2.33. The lowest BCUT2D eigenvalue weighted by atomic mass is 9.91. The Morgan fingerprint density at radius 2 is 2.27 bits per heavy atom. The molecule has 0 aromatic heterocycles. The highest BCUT2D eigenvalue weighted by Crippen LogP contribution is 2.26. The summed E-state index contributed by atoms with van der Waals surface area (Å²) in [5.41, 5.74) is 0.987. The van der Waals surface area contributed by atoms with Gasteiger partial charge in [0.15, 0.2) is 0 Å². The molecule has 0 bridgehead atoms. The zero-order valence-electron chi connectivity index (χ0n) is 8.09. The Morgan fingerprint density at radius 1 is 1.47 bits per heavy atom. The van der Waals surface area contributed by atoms with Gasteiger partial charge in [-0.25, -0.2) is 4.39 Å². The smallest absolute Gasteiger partial charge is 0.220 e. The van der Waals surface area contributed by atoms with Crippen LogP contribution >= 0.6 is 11.6 Å². The fraction of sp³-hybridized carbons (Fsp3) is 0.364. The van der Waals surface area contributed by atoms with Gasteiger partial charge < -0.3 is 5.32 Å². The van der Waals surface area contributed by atoms with Crippen molar-refractivity contribution in [3.8, 4) is 0 Å². The molecular formula is C11H11ClFNO. The van der Waals surface area contributed by atoms with E-state index >= 15 is 0 Å². The van der Waals surface area contributed by atoms with Crippen LogP contribution in [0, 0.1) is 5.82 Å². The van der Waals surface area contributed by atoms with Crippen LogP contribution in [-0.4, -0.2) is 12.5 Å². The molecular weight excluding hydrogens is 217 g/mol. The number of hydrogen-bond donors (Lipinski definition) is 1. The Hall–Kier alpha value is -1.09. The van der Waals surface area contributed by atoms with Crippen LogP contribution in [0.15, 0.2) is 18.2 Å². The van der Waals surface area contributed by atoms with E-state index in [-0.39, 0.29) is 16.8 Å². The van der Waals surface area contributed by atoms with E-state index < -0.39 is 5.82 Å². The van der Waals surface area contributed by atoms with E-state index in [0.29, 0.717) is 13.0 Å². The van der Waals surface area contributed by atoms with E-state index in [2.05, 4.69) is 5.32 Å². The molecule has 4 heteroatoms. The Kier molecular flexibility index (Phi) is 2.91. The first kappa shape index (κ1) is 10.4. The first-order valence-corrected chi connectivity index (χ1v) is 5.26. The van der Waals surface area contributed by atoms with Gasteiger partial charge in [-0.2, -0.15) is 0 Å². The van der Waals surface area contributed by atoms with Crippen LogP contribution in [0.5, 0.6) is 0 Å². The summed E-state index contributed by atoms with van der Waals surface area (Å²) >= 11 is 5.70. The minimum absolute atomic E-state index is 0.0828. The highest BCUT2D eigenvalue weighted by Gasteiger charge is 2.19. The van der Waals surface area contributed by atoms with Gasteiger partial charge in [0.1, 0.15) is 5.82 Å². The standard InChI is InChI=1S/C11H11ClFNO/c12-9-5-7(1-3-10(9)13)8-2-4-11(15)14-6-8/h1,3,5,8H,2,4,6H2,(H,14,15). The Morgan fingerprint density at radius 3 is 2.87 bits per heavy atom. The summed E-state index contributed by atoms with van der Waals surface area (Å²) in [5.74, 6) is -0.0690. The molecule has 1 aliphatic rings. The van der Waals surface area contributed by atoms with E-state index in [1.54, 1.807) is 12.1 Å². The average Bonchev–Trinajstić information content (AvgIpc) is 2.23. The first-order valence-electron chi connectivity index (χ1n) is 4.88. The van der Waals surface area contributed by atoms with Crippen molar-refractivity contribution in [3.63, 3.8) is 0 Å². The second-order valence-electron chi connectivity index (χ2n) is 3.71. The summed E-state index contributed by atoms with van der Waals surface area (Å²) in [6.07, 6.45) is 1.33. The molecule has 0 aliphatic carbocycles. The van der Waals surface area contributed by atoms with Crippen molar-refractivity contribution < 1.29 is 9.18 Å². The highest BCUT2D eigenvalue weighted by atomic mass is 35.5. The fourth-order valence-electron chi connectivity index (χ4n) is 1.78. The van der Waals surface area contributed by atoms with Gasteiger partial charge in [-0.15, -0.1) is 0 Å². The highest BCUT2D eigenvalue weighted by molar-refractivity contribution is 6.30. The molecule has 80 valence electrons. The molecule has 1 N–H and O–H groups in total. The zero-order chi connectivity index (χ0) is 10.8. The third-order valence-electron chi connectivity index (χ3n) is 2.68. The Bertz CT molecular complexity index is 384. The number of benzene rings is 1. The van der Waals surface area contributed by atoms with Crippen LogP contribution in [0.3, 0.4) is 0 Å². The van der Waals surface area contributed by atoms with Gasteiger partial charge in [-0.05, 0) is 24.1 Å². The lowest BCUT2D eigenvalue weighted by molar-refractivity contribution is -0.122. The third-order valence-corrected chi connectivity index (χ3v) is 2.97. The number of carbonyl (C=O) groups excluding carboxylic acids is 1. The van der Waals surface area contributed by atoms with Crippen LogP contribution < -0.4 is 5.32 Å². The molecule has 1 fully saturated rings. The van der Waals surface area contributed by atoms with Gasteiger partial charge in [0.25, 0.3) is 0 Å². The molecule has 1 atom stereocenters. The zero-order valence-corrected chi connectivity index (χ0v) is 8.85. The van der Waals surface area contributed by atoms with Crippen molar-refractivity contribution in [3.05, 3.63) is 34.6 Å². The number of hydrogen-bond acceptors (Lipinski definition) is 1. The topological polar surface area (TPSA) is 29.1 Å². The minimum atomic E-state index is -0.403. The van der Waals surface area contributed by atoms with Crippen LogP contribution in [0.2, 0.25) is 5.02 Å². The summed E-state index contributed by atoms with van der Waals surface area (Å²) in [4.78, 5) is 11.0. The molecule has 0 radical (unpaired) electrons. The summed E-state index contributed by atoms with van der Waals surface area (Å²) < 4.78 is 12.9. The van der Waals surface area contributed by atoms with Crippen LogP contribution in [0.4, 0.5) is 4.39 Å². The summed E-state index contributed by atoms with van der Waals surface area (Å²) in [6, 6.07) is 4.73. The predicted molar refractivity (Wildman–Crippen MR) is 56.4 cm³/mol. The van der Waals surface area contributed by atoms with E-state index in [0.717, 1.165) is 12.0 Å².